The van der Waals surface area contributed by atoms with Gasteiger partial charge in [-0.1, -0.05) is 23.7 Å². The summed E-state index contributed by atoms with van der Waals surface area (Å²) in [4.78, 5) is 25.2. The molecule has 1 unspecified atom stereocenters. The Morgan fingerprint density at radius 1 is 1.23 bits per heavy atom. The highest BCUT2D eigenvalue weighted by Crippen LogP contribution is 2.59. The summed E-state index contributed by atoms with van der Waals surface area (Å²) in [5.74, 6) is -0.696. The monoisotopic (exact) mass is 321 g/mol. The van der Waals surface area contributed by atoms with E-state index in [2.05, 4.69) is 0 Å². The Labute approximate surface area is 135 Å². The molecule has 1 aromatic carbocycles. The molecule has 5 heteroatoms. The van der Waals surface area contributed by atoms with Crippen molar-refractivity contribution in [2.45, 2.75) is 32.1 Å². The minimum absolute atomic E-state index is 0.0151. The molecular weight excluding hydrogens is 302 g/mol. The van der Waals surface area contributed by atoms with E-state index in [1.165, 1.54) is 0 Å². The predicted molar refractivity (Wildman–Crippen MR) is 83.8 cm³/mol. The van der Waals surface area contributed by atoms with Gasteiger partial charge in [0.25, 0.3) is 0 Å². The molecule has 1 atom stereocenters. The maximum Gasteiger partial charge on any atom is 0.307 e. The summed E-state index contributed by atoms with van der Waals surface area (Å²) in [6.45, 7) is 1.40. The maximum absolute atomic E-state index is 12.3. The van der Waals surface area contributed by atoms with E-state index in [1.807, 2.05) is 29.2 Å². The molecule has 1 saturated carbocycles. The summed E-state index contributed by atoms with van der Waals surface area (Å²) in [5.41, 5.74) is 1.10. The number of amides is 1. The number of aryl methyl sites for hydroxylation is 1. The van der Waals surface area contributed by atoms with Crippen LogP contribution in [0.3, 0.4) is 0 Å². The first-order valence-corrected chi connectivity index (χ1v) is 8.13. The minimum atomic E-state index is -0.678. The van der Waals surface area contributed by atoms with E-state index in [0.717, 1.165) is 31.2 Å². The van der Waals surface area contributed by atoms with Gasteiger partial charge in [-0.25, -0.2) is 0 Å². The smallest absolute Gasteiger partial charge is 0.307 e. The first kappa shape index (κ1) is 15.3. The molecule has 118 valence electrons. The zero-order chi connectivity index (χ0) is 15.7. The van der Waals surface area contributed by atoms with Gasteiger partial charge in [-0.3, -0.25) is 9.59 Å². The molecule has 1 spiro atoms. The fraction of sp³-hybridized carbons (Fsp3) is 0.529. The first-order valence-electron chi connectivity index (χ1n) is 7.75. The van der Waals surface area contributed by atoms with Crippen molar-refractivity contribution in [3.63, 3.8) is 0 Å². The number of hydrogen-bond acceptors (Lipinski definition) is 2. The number of carboxylic acid groups (broad SMARTS) is 1. The molecular formula is C17H20ClNO3. The summed E-state index contributed by atoms with van der Waals surface area (Å²) in [7, 11) is 0. The largest absolute Gasteiger partial charge is 0.481 e. The highest BCUT2D eigenvalue weighted by Gasteiger charge is 2.59. The van der Waals surface area contributed by atoms with Gasteiger partial charge < -0.3 is 10.0 Å². The van der Waals surface area contributed by atoms with Crippen LogP contribution >= 0.6 is 11.6 Å². The first-order chi connectivity index (χ1) is 10.5. The van der Waals surface area contributed by atoms with Crippen LogP contribution in [0.15, 0.2) is 24.3 Å². The molecule has 2 fully saturated rings. The molecule has 1 saturated heterocycles. The third-order valence-electron chi connectivity index (χ3n) is 5.14. The lowest BCUT2D eigenvalue weighted by Crippen LogP contribution is -2.40. The number of carboxylic acids is 1. The molecule has 1 aromatic rings. The van der Waals surface area contributed by atoms with Crippen LogP contribution < -0.4 is 0 Å². The Kier molecular flexibility index (Phi) is 4.13. The van der Waals surface area contributed by atoms with Crippen LogP contribution in [0.1, 0.15) is 31.2 Å². The Morgan fingerprint density at radius 3 is 2.41 bits per heavy atom. The number of nitrogens with zero attached hydrogens (tertiary/aromatic N) is 1. The number of piperidine rings is 1. The highest BCUT2D eigenvalue weighted by atomic mass is 35.5. The zero-order valence-electron chi connectivity index (χ0n) is 12.4. The van der Waals surface area contributed by atoms with Crippen molar-refractivity contribution in [3.05, 3.63) is 34.9 Å². The molecule has 1 amide bonds. The number of likely N-dealkylation sites (tertiary alicyclic amines) is 1. The second-order valence-electron chi connectivity index (χ2n) is 6.46. The van der Waals surface area contributed by atoms with E-state index in [-0.39, 0.29) is 17.2 Å². The Balaban J connectivity index is 1.46. The van der Waals surface area contributed by atoms with Crippen LogP contribution in [-0.2, 0) is 16.0 Å². The fourth-order valence-electron chi connectivity index (χ4n) is 3.51. The van der Waals surface area contributed by atoms with Gasteiger partial charge in [-0.05, 0) is 48.8 Å². The van der Waals surface area contributed by atoms with Gasteiger partial charge in [0.15, 0.2) is 0 Å². The van der Waals surface area contributed by atoms with Gasteiger partial charge in [-0.2, -0.15) is 0 Å². The van der Waals surface area contributed by atoms with Gasteiger partial charge in [-0.15, -0.1) is 0 Å². The Morgan fingerprint density at radius 2 is 1.86 bits per heavy atom. The van der Waals surface area contributed by atoms with Crippen molar-refractivity contribution >= 4 is 23.5 Å². The van der Waals surface area contributed by atoms with Crippen LogP contribution in [0.5, 0.6) is 0 Å². The standard InChI is InChI=1S/C17H20ClNO3/c18-13-4-1-12(2-5-13)3-6-15(20)19-9-7-17(8-10-19)11-14(17)16(21)22/h1-2,4-5,14H,3,6-11H2,(H,21,22). The van der Waals surface area contributed by atoms with Gasteiger partial charge in [0.2, 0.25) is 5.91 Å². The lowest BCUT2D eigenvalue weighted by molar-refractivity contribution is -0.139. The van der Waals surface area contributed by atoms with E-state index in [9.17, 15) is 9.59 Å². The van der Waals surface area contributed by atoms with Crippen LogP contribution in [-0.4, -0.2) is 35.0 Å². The topological polar surface area (TPSA) is 57.6 Å². The zero-order valence-corrected chi connectivity index (χ0v) is 13.2. The SMILES string of the molecule is O=C(O)C1CC12CCN(C(=O)CCc1ccc(Cl)cc1)CC2. The van der Waals surface area contributed by atoms with Gasteiger partial charge >= 0.3 is 5.97 Å². The highest BCUT2D eigenvalue weighted by molar-refractivity contribution is 6.30. The van der Waals surface area contributed by atoms with Crippen molar-refractivity contribution in [2.75, 3.05) is 13.1 Å². The second-order valence-corrected chi connectivity index (χ2v) is 6.90. The molecule has 0 aromatic heterocycles. The number of carbonyl (C=O) groups is 2. The summed E-state index contributed by atoms with van der Waals surface area (Å²) < 4.78 is 0. The van der Waals surface area contributed by atoms with Crippen molar-refractivity contribution in [1.82, 2.24) is 4.90 Å². The third kappa shape index (κ3) is 3.12. The normalized spacial score (nSPS) is 22.6. The minimum Gasteiger partial charge on any atom is -0.481 e. The molecule has 2 aliphatic rings. The lowest BCUT2D eigenvalue weighted by atomic mass is 9.90. The molecule has 1 heterocycles. The number of benzene rings is 1. The van der Waals surface area contributed by atoms with E-state index in [4.69, 9.17) is 16.7 Å². The van der Waals surface area contributed by atoms with Gasteiger partial charge in [0.05, 0.1) is 5.92 Å². The average molecular weight is 322 g/mol. The number of aliphatic carboxylic acids is 1. The Hall–Kier alpha value is -1.55. The summed E-state index contributed by atoms with van der Waals surface area (Å²) in [6, 6.07) is 7.57. The van der Waals surface area contributed by atoms with Crippen molar-refractivity contribution in [2.24, 2.45) is 11.3 Å². The van der Waals surface area contributed by atoms with Gasteiger partial charge in [0, 0.05) is 24.5 Å². The number of carbonyl (C=O) groups excluding carboxylic acids is 1. The third-order valence-corrected chi connectivity index (χ3v) is 5.39. The average Bonchev–Trinajstić information content (AvgIpc) is 3.21. The molecule has 1 N–H and O–H groups in total. The van der Waals surface area contributed by atoms with E-state index < -0.39 is 5.97 Å². The Bertz CT molecular complexity index is 576. The van der Waals surface area contributed by atoms with Crippen LogP contribution in [0.2, 0.25) is 5.02 Å². The second kappa shape index (κ2) is 5.92. The molecule has 4 nitrogen and oxygen atoms in total. The number of rotatable bonds is 4. The van der Waals surface area contributed by atoms with E-state index in [0.29, 0.717) is 24.5 Å². The number of halogens is 1. The van der Waals surface area contributed by atoms with Crippen LogP contribution in [0.25, 0.3) is 0 Å². The predicted octanol–water partition coefficient (Wildman–Crippen LogP) is 2.99. The molecule has 1 aliphatic carbocycles. The van der Waals surface area contributed by atoms with Crippen LogP contribution in [0, 0.1) is 11.3 Å². The lowest BCUT2D eigenvalue weighted by Gasteiger charge is -2.32. The fourth-order valence-corrected chi connectivity index (χ4v) is 3.64. The van der Waals surface area contributed by atoms with Gasteiger partial charge in [0.1, 0.15) is 0 Å². The molecule has 22 heavy (non-hydrogen) atoms. The molecule has 0 bridgehead atoms. The van der Waals surface area contributed by atoms with Crippen LogP contribution in [0.4, 0.5) is 0 Å². The summed E-state index contributed by atoms with van der Waals surface area (Å²) >= 11 is 5.85. The molecule has 1 aliphatic heterocycles. The number of hydrogen-bond donors (Lipinski definition) is 1. The molecule has 0 radical (unpaired) electrons. The molecule has 3 rings (SSSR count). The van der Waals surface area contributed by atoms with E-state index in [1.54, 1.807) is 0 Å². The van der Waals surface area contributed by atoms with Crippen molar-refractivity contribution in [3.8, 4) is 0 Å². The van der Waals surface area contributed by atoms with Crippen molar-refractivity contribution < 1.29 is 14.7 Å². The van der Waals surface area contributed by atoms with E-state index >= 15 is 0 Å². The van der Waals surface area contributed by atoms with Crippen molar-refractivity contribution in [1.29, 1.82) is 0 Å². The summed E-state index contributed by atoms with van der Waals surface area (Å²) in [6.07, 6.45) is 3.66. The maximum atomic E-state index is 12.3. The summed E-state index contributed by atoms with van der Waals surface area (Å²) in [5, 5.41) is 9.79. The quantitative estimate of drug-likeness (QED) is 0.927.